The van der Waals surface area contributed by atoms with Gasteiger partial charge in [-0.2, -0.15) is 0 Å². The van der Waals surface area contributed by atoms with Crippen LogP contribution in [0, 0.1) is 0 Å². The molecule has 5 heteroatoms. The highest BCUT2D eigenvalue weighted by atomic mass is 16.1. The summed E-state index contributed by atoms with van der Waals surface area (Å²) < 4.78 is 0. The molecule has 0 unspecified atom stereocenters. The number of hydrogen-bond donors (Lipinski definition) is 2. The fourth-order valence-electron chi connectivity index (χ4n) is 2.16. The molecule has 2 heterocycles. The molecule has 0 aliphatic rings. The van der Waals surface area contributed by atoms with Crippen LogP contribution in [0.4, 0.5) is 0 Å². The average molecular weight is 280 g/mol. The minimum Gasteiger partial charge on any atom is -0.348 e. The molecule has 0 fully saturated rings. The van der Waals surface area contributed by atoms with E-state index in [-0.39, 0.29) is 5.91 Å². The van der Waals surface area contributed by atoms with E-state index < -0.39 is 0 Å². The molecule has 0 saturated heterocycles. The van der Waals surface area contributed by atoms with Crippen LogP contribution in [0.1, 0.15) is 28.7 Å². The monoisotopic (exact) mass is 280 g/mol. The second kappa shape index (κ2) is 5.75. The van der Waals surface area contributed by atoms with Crippen LogP contribution in [-0.2, 0) is 13.0 Å². The lowest BCUT2D eigenvalue weighted by atomic mass is 10.2. The van der Waals surface area contributed by atoms with Crippen molar-refractivity contribution in [1.82, 2.24) is 20.3 Å². The lowest BCUT2D eigenvalue weighted by Gasteiger charge is -2.05. The number of amides is 1. The number of aromatic amines is 1. The number of pyridine rings is 1. The van der Waals surface area contributed by atoms with Crippen LogP contribution in [0.15, 0.2) is 42.7 Å². The summed E-state index contributed by atoms with van der Waals surface area (Å²) in [7, 11) is 0. The molecule has 2 aromatic heterocycles. The highest BCUT2D eigenvalue weighted by molar-refractivity contribution is 5.97. The number of imidazole rings is 1. The zero-order valence-corrected chi connectivity index (χ0v) is 11.8. The molecule has 1 amide bonds. The molecule has 3 rings (SSSR count). The van der Waals surface area contributed by atoms with Gasteiger partial charge in [0.05, 0.1) is 11.0 Å². The van der Waals surface area contributed by atoms with Crippen molar-refractivity contribution in [3.05, 3.63) is 59.7 Å². The zero-order chi connectivity index (χ0) is 14.7. The minimum atomic E-state index is -0.103. The van der Waals surface area contributed by atoms with Gasteiger partial charge >= 0.3 is 0 Å². The van der Waals surface area contributed by atoms with E-state index >= 15 is 0 Å². The van der Waals surface area contributed by atoms with Gasteiger partial charge in [0.2, 0.25) is 0 Å². The number of nitrogens with one attached hydrogen (secondary N) is 2. The predicted octanol–water partition coefficient (Wildman–Crippen LogP) is 2.45. The fourth-order valence-corrected chi connectivity index (χ4v) is 2.16. The number of nitrogens with zero attached hydrogens (tertiary/aromatic N) is 2. The second-order valence-corrected chi connectivity index (χ2v) is 4.81. The lowest BCUT2D eigenvalue weighted by Crippen LogP contribution is -2.22. The van der Waals surface area contributed by atoms with Crippen LogP contribution in [0.2, 0.25) is 0 Å². The number of H-pyrrole nitrogens is 1. The highest BCUT2D eigenvalue weighted by Crippen LogP contribution is 2.14. The molecule has 0 atom stereocenters. The SMILES string of the molecule is CCc1nc2ccc(C(=O)NCc3cccnc3)cc2[nH]1. The van der Waals surface area contributed by atoms with E-state index in [9.17, 15) is 4.79 Å². The molecule has 5 nitrogen and oxygen atoms in total. The first kappa shape index (κ1) is 13.3. The number of carbonyl (C=O) groups is 1. The Kier molecular flexibility index (Phi) is 3.64. The Balaban J connectivity index is 1.75. The number of hydrogen-bond acceptors (Lipinski definition) is 3. The van der Waals surface area contributed by atoms with E-state index in [4.69, 9.17) is 0 Å². The Morgan fingerprint density at radius 3 is 3.00 bits per heavy atom. The predicted molar refractivity (Wildman–Crippen MR) is 80.9 cm³/mol. The van der Waals surface area contributed by atoms with Gasteiger partial charge in [0, 0.05) is 30.9 Å². The summed E-state index contributed by atoms with van der Waals surface area (Å²) >= 11 is 0. The van der Waals surface area contributed by atoms with Gasteiger partial charge in [0.15, 0.2) is 0 Å². The lowest BCUT2D eigenvalue weighted by molar-refractivity contribution is 0.0951. The van der Waals surface area contributed by atoms with E-state index in [1.807, 2.05) is 31.2 Å². The second-order valence-electron chi connectivity index (χ2n) is 4.81. The third kappa shape index (κ3) is 2.91. The molecule has 0 aliphatic heterocycles. The van der Waals surface area contributed by atoms with Crippen molar-refractivity contribution in [2.24, 2.45) is 0 Å². The summed E-state index contributed by atoms with van der Waals surface area (Å²) in [4.78, 5) is 23.8. The topological polar surface area (TPSA) is 70.7 Å². The molecule has 0 bridgehead atoms. The van der Waals surface area contributed by atoms with Crippen LogP contribution in [0.5, 0.6) is 0 Å². The van der Waals surface area contributed by atoms with Crippen LogP contribution in [-0.4, -0.2) is 20.9 Å². The number of rotatable bonds is 4. The van der Waals surface area contributed by atoms with Gasteiger partial charge in [-0.05, 0) is 29.8 Å². The van der Waals surface area contributed by atoms with Crippen molar-refractivity contribution >= 4 is 16.9 Å². The molecule has 0 saturated carbocycles. The number of benzene rings is 1. The summed E-state index contributed by atoms with van der Waals surface area (Å²) in [6.07, 6.45) is 4.30. The first-order chi connectivity index (χ1) is 10.3. The average Bonchev–Trinajstić information content (AvgIpc) is 2.95. The highest BCUT2D eigenvalue weighted by Gasteiger charge is 2.08. The summed E-state index contributed by atoms with van der Waals surface area (Å²) in [5.74, 6) is 0.825. The number of fused-ring (bicyclic) bond motifs is 1. The smallest absolute Gasteiger partial charge is 0.251 e. The van der Waals surface area contributed by atoms with Crippen LogP contribution < -0.4 is 5.32 Å². The fraction of sp³-hybridized carbons (Fsp3) is 0.188. The minimum absolute atomic E-state index is 0.103. The Bertz CT molecular complexity index is 764. The van der Waals surface area contributed by atoms with Gasteiger partial charge in [0.1, 0.15) is 5.82 Å². The van der Waals surface area contributed by atoms with Crippen LogP contribution in [0.25, 0.3) is 11.0 Å². The third-order valence-corrected chi connectivity index (χ3v) is 3.30. The van der Waals surface area contributed by atoms with E-state index in [2.05, 4.69) is 20.3 Å². The molecule has 1 aromatic carbocycles. The first-order valence-electron chi connectivity index (χ1n) is 6.92. The molecule has 3 aromatic rings. The maximum Gasteiger partial charge on any atom is 0.251 e. The summed E-state index contributed by atoms with van der Waals surface area (Å²) in [6.45, 7) is 2.51. The molecule has 0 aliphatic carbocycles. The number of aryl methyl sites for hydroxylation is 1. The van der Waals surface area contributed by atoms with Gasteiger partial charge in [-0.1, -0.05) is 13.0 Å². The van der Waals surface area contributed by atoms with Gasteiger partial charge in [-0.25, -0.2) is 4.98 Å². The van der Waals surface area contributed by atoms with Gasteiger partial charge in [-0.15, -0.1) is 0 Å². The number of aromatic nitrogens is 3. The Hall–Kier alpha value is -2.69. The maximum atomic E-state index is 12.2. The third-order valence-electron chi connectivity index (χ3n) is 3.30. The van der Waals surface area contributed by atoms with Crippen molar-refractivity contribution in [3.63, 3.8) is 0 Å². The Morgan fingerprint density at radius 1 is 1.33 bits per heavy atom. The largest absolute Gasteiger partial charge is 0.348 e. The quantitative estimate of drug-likeness (QED) is 0.771. The molecular formula is C16H16N4O. The Labute approximate surface area is 122 Å². The summed E-state index contributed by atoms with van der Waals surface area (Å²) in [5, 5.41) is 2.89. The van der Waals surface area contributed by atoms with E-state index in [1.165, 1.54) is 0 Å². The Morgan fingerprint density at radius 2 is 2.24 bits per heavy atom. The van der Waals surface area contributed by atoms with Crippen molar-refractivity contribution in [2.75, 3.05) is 0 Å². The van der Waals surface area contributed by atoms with Gasteiger partial charge in [0.25, 0.3) is 5.91 Å². The van der Waals surface area contributed by atoms with Gasteiger partial charge in [-0.3, -0.25) is 9.78 Å². The molecular weight excluding hydrogens is 264 g/mol. The molecule has 2 N–H and O–H groups in total. The summed E-state index contributed by atoms with van der Waals surface area (Å²) in [5.41, 5.74) is 3.37. The van der Waals surface area contributed by atoms with Crippen molar-refractivity contribution in [3.8, 4) is 0 Å². The van der Waals surface area contributed by atoms with Crippen molar-refractivity contribution in [2.45, 2.75) is 19.9 Å². The number of carbonyl (C=O) groups excluding carboxylic acids is 1. The van der Waals surface area contributed by atoms with Gasteiger partial charge < -0.3 is 10.3 Å². The van der Waals surface area contributed by atoms with Crippen molar-refractivity contribution in [1.29, 1.82) is 0 Å². The summed E-state index contributed by atoms with van der Waals surface area (Å²) in [6, 6.07) is 9.27. The van der Waals surface area contributed by atoms with Crippen molar-refractivity contribution < 1.29 is 4.79 Å². The standard InChI is InChI=1S/C16H16N4O/c1-2-15-19-13-6-5-12(8-14(13)20-15)16(21)18-10-11-4-3-7-17-9-11/h3-9H,2,10H2,1H3,(H,18,21)(H,19,20). The van der Waals surface area contributed by atoms with E-state index in [0.717, 1.165) is 28.8 Å². The molecule has 106 valence electrons. The van der Waals surface area contributed by atoms with Crippen LogP contribution >= 0.6 is 0 Å². The molecule has 0 radical (unpaired) electrons. The molecule has 0 spiro atoms. The van der Waals surface area contributed by atoms with E-state index in [0.29, 0.717) is 12.1 Å². The zero-order valence-electron chi connectivity index (χ0n) is 11.8. The maximum absolute atomic E-state index is 12.2. The normalized spacial score (nSPS) is 10.7. The molecule has 21 heavy (non-hydrogen) atoms. The first-order valence-corrected chi connectivity index (χ1v) is 6.92. The van der Waals surface area contributed by atoms with E-state index in [1.54, 1.807) is 18.5 Å². The van der Waals surface area contributed by atoms with Crippen LogP contribution in [0.3, 0.4) is 0 Å².